The molecule has 0 fully saturated rings. The van der Waals surface area contributed by atoms with Gasteiger partial charge in [-0.25, -0.2) is 0 Å². The van der Waals surface area contributed by atoms with Gasteiger partial charge in [-0.05, 0) is 48.4 Å². The van der Waals surface area contributed by atoms with Gasteiger partial charge in [0.15, 0.2) is 0 Å². The smallest absolute Gasteiger partial charge is 0.244 e. The van der Waals surface area contributed by atoms with Crippen molar-refractivity contribution in [3.63, 3.8) is 0 Å². The maximum absolute atomic E-state index is 12.7. The zero-order valence-electron chi connectivity index (χ0n) is 14.3. The van der Waals surface area contributed by atoms with Crippen LogP contribution < -0.4 is 16.4 Å². The molecular formula is C20H23N3O2. The second kappa shape index (κ2) is 7.07. The van der Waals surface area contributed by atoms with E-state index >= 15 is 0 Å². The number of hydrogen-bond acceptors (Lipinski definition) is 3. The molecule has 1 heterocycles. The molecule has 4 N–H and O–H groups in total. The molecule has 2 amide bonds. The summed E-state index contributed by atoms with van der Waals surface area (Å²) in [7, 11) is 0. The van der Waals surface area contributed by atoms with Gasteiger partial charge in [-0.1, -0.05) is 42.5 Å². The Morgan fingerprint density at radius 3 is 2.60 bits per heavy atom. The van der Waals surface area contributed by atoms with Crippen molar-refractivity contribution in [1.29, 1.82) is 0 Å². The standard InChI is InChI=1S/C20H23N3O2/c1-13-7-8-16-15(10-14-5-3-2-4-6-14)11-17(21)20(25)23(12-19(22)24)18(16)9-13/h2-9,15,17H,10-12,21H2,1H3,(H2,22,24). The van der Waals surface area contributed by atoms with Crippen molar-refractivity contribution in [2.24, 2.45) is 11.5 Å². The monoisotopic (exact) mass is 337 g/mol. The number of benzene rings is 2. The van der Waals surface area contributed by atoms with Crippen LogP contribution in [0.25, 0.3) is 0 Å². The molecule has 5 heteroatoms. The molecule has 2 aromatic rings. The van der Waals surface area contributed by atoms with E-state index in [9.17, 15) is 9.59 Å². The molecule has 0 aliphatic carbocycles. The number of fused-ring (bicyclic) bond motifs is 1. The summed E-state index contributed by atoms with van der Waals surface area (Å²) in [5.41, 5.74) is 15.5. The average Bonchev–Trinajstić information content (AvgIpc) is 2.66. The third-order valence-corrected chi connectivity index (χ3v) is 4.68. The molecule has 0 saturated heterocycles. The zero-order chi connectivity index (χ0) is 18.0. The first kappa shape index (κ1) is 17.2. The van der Waals surface area contributed by atoms with E-state index in [0.29, 0.717) is 6.42 Å². The highest BCUT2D eigenvalue weighted by Crippen LogP contribution is 2.37. The Morgan fingerprint density at radius 2 is 1.92 bits per heavy atom. The number of hydrogen-bond donors (Lipinski definition) is 2. The van der Waals surface area contributed by atoms with Crippen LogP contribution in [-0.4, -0.2) is 24.4 Å². The van der Waals surface area contributed by atoms with Gasteiger partial charge in [0.1, 0.15) is 6.54 Å². The fourth-order valence-corrected chi connectivity index (χ4v) is 3.50. The number of rotatable bonds is 4. The van der Waals surface area contributed by atoms with Crippen molar-refractivity contribution >= 4 is 17.5 Å². The topological polar surface area (TPSA) is 89.4 Å². The average molecular weight is 337 g/mol. The Kier molecular flexibility index (Phi) is 4.86. The number of nitrogens with zero attached hydrogens (tertiary/aromatic N) is 1. The molecule has 2 aromatic carbocycles. The number of primary amides is 1. The SMILES string of the molecule is Cc1ccc2c(c1)N(CC(N)=O)C(=O)C(N)CC2Cc1ccccc1. The number of anilines is 1. The maximum atomic E-state index is 12.7. The zero-order valence-corrected chi connectivity index (χ0v) is 14.3. The van der Waals surface area contributed by atoms with Crippen LogP contribution in [0.1, 0.15) is 29.0 Å². The highest BCUT2D eigenvalue weighted by atomic mass is 16.2. The molecule has 25 heavy (non-hydrogen) atoms. The molecule has 0 radical (unpaired) electrons. The van der Waals surface area contributed by atoms with Crippen molar-refractivity contribution in [1.82, 2.24) is 0 Å². The summed E-state index contributed by atoms with van der Waals surface area (Å²) >= 11 is 0. The van der Waals surface area contributed by atoms with E-state index in [1.54, 1.807) is 0 Å². The second-order valence-electron chi connectivity index (χ2n) is 6.68. The van der Waals surface area contributed by atoms with E-state index in [1.165, 1.54) is 10.5 Å². The minimum Gasteiger partial charge on any atom is -0.368 e. The number of carbonyl (C=O) groups is 2. The van der Waals surface area contributed by atoms with Crippen LogP contribution in [0.15, 0.2) is 48.5 Å². The lowest BCUT2D eigenvalue weighted by atomic mass is 9.86. The molecule has 1 aliphatic heterocycles. The predicted octanol–water partition coefficient (Wildman–Crippen LogP) is 1.87. The maximum Gasteiger partial charge on any atom is 0.244 e. The minimum absolute atomic E-state index is 0.106. The number of amides is 2. The summed E-state index contributed by atoms with van der Waals surface area (Å²) < 4.78 is 0. The molecular weight excluding hydrogens is 314 g/mol. The van der Waals surface area contributed by atoms with Crippen molar-refractivity contribution in [3.8, 4) is 0 Å². The summed E-state index contributed by atoms with van der Waals surface area (Å²) in [5.74, 6) is -0.689. The van der Waals surface area contributed by atoms with Crippen LogP contribution >= 0.6 is 0 Å². The Morgan fingerprint density at radius 1 is 1.20 bits per heavy atom. The van der Waals surface area contributed by atoms with Gasteiger partial charge < -0.3 is 16.4 Å². The summed E-state index contributed by atoms with van der Waals surface area (Å²) in [6.07, 6.45) is 1.33. The lowest BCUT2D eigenvalue weighted by molar-refractivity contribution is -0.123. The second-order valence-corrected chi connectivity index (χ2v) is 6.68. The molecule has 0 aromatic heterocycles. The van der Waals surface area contributed by atoms with Gasteiger partial charge in [0.05, 0.1) is 6.04 Å². The van der Waals surface area contributed by atoms with Gasteiger partial charge in [-0.15, -0.1) is 0 Å². The first-order valence-electron chi connectivity index (χ1n) is 8.45. The number of aryl methyl sites for hydroxylation is 1. The quantitative estimate of drug-likeness (QED) is 0.892. The Bertz CT molecular complexity index is 789. The summed E-state index contributed by atoms with van der Waals surface area (Å²) in [6.45, 7) is 1.81. The van der Waals surface area contributed by atoms with E-state index in [0.717, 1.165) is 23.2 Å². The van der Waals surface area contributed by atoms with Crippen molar-refractivity contribution in [2.75, 3.05) is 11.4 Å². The van der Waals surface area contributed by atoms with E-state index in [-0.39, 0.29) is 18.4 Å². The van der Waals surface area contributed by atoms with E-state index in [4.69, 9.17) is 11.5 Å². The molecule has 0 spiro atoms. The van der Waals surface area contributed by atoms with E-state index in [2.05, 4.69) is 12.1 Å². The highest BCUT2D eigenvalue weighted by molar-refractivity contribution is 6.02. The van der Waals surface area contributed by atoms with Crippen molar-refractivity contribution < 1.29 is 9.59 Å². The van der Waals surface area contributed by atoms with Crippen LogP contribution in [0.5, 0.6) is 0 Å². The Labute approximate surface area is 147 Å². The van der Waals surface area contributed by atoms with E-state index < -0.39 is 11.9 Å². The van der Waals surface area contributed by atoms with Crippen LogP contribution in [-0.2, 0) is 16.0 Å². The highest BCUT2D eigenvalue weighted by Gasteiger charge is 2.33. The molecule has 130 valence electrons. The van der Waals surface area contributed by atoms with Crippen molar-refractivity contribution in [3.05, 3.63) is 65.2 Å². The molecule has 3 rings (SSSR count). The van der Waals surface area contributed by atoms with Gasteiger partial charge in [-0.2, -0.15) is 0 Å². The fraction of sp³-hybridized carbons (Fsp3) is 0.300. The minimum atomic E-state index is -0.652. The van der Waals surface area contributed by atoms with Gasteiger partial charge >= 0.3 is 0 Å². The van der Waals surface area contributed by atoms with Crippen LogP contribution in [0.3, 0.4) is 0 Å². The van der Waals surface area contributed by atoms with Gasteiger partial charge in [0.25, 0.3) is 0 Å². The van der Waals surface area contributed by atoms with Crippen LogP contribution in [0.2, 0.25) is 0 Å². The first-order valence-corrected chi connectivity index (χ1v) is 8.45. The Balaban J connectivity index is 2.05. The van der Waals surface area contributed by atoms with Crippen LogP contribution in [0, 0.1) is 6.92 Å². The van der Waals surface area contributed by atoms with Gasteiger partial charge in [-0.3, -0.25) is 9.59 Å². The molecule has 1 aliphatic rings. The number of carbonyl (C=O) groups excluding carboxylic acids is 2. The largest absolute Gasteiger partial charge is 0.368 e. The van der Waals surface area contributed by atoms with Crippen molar-refractivity contribution in [2.45, 2.75) is 31.7 Å². The third-order valence-electron chi connectivity index (χ3n) is 4.68. The lowest BCUT2D eigenvalue weighted by Crippen LogP contribution is -2.46. The lowest BCUT2D eigenvalue weighted by Gasteiger charge is -2.24. The predicted molar refractivity (Wildman–Crippen MR) is 98.2 cm³/mol. The van der Waals surface area contributed by atoms with Crippen LogP contribution in [0.4, 0.5) is 5.69 Å². The first-order chi connectivity index (χ1) is 12.0. The third kappa shape index (κ3) is 3.72. The normalized spacial score (nSPS) is 20.1. The van der Waals surface area contributed by atoms with Gasteiger partial charge in [0.2, 0.25) is 11.8 Å². The molecule has 2 atom stereocenters. The summed E-state index contributed by atoms with van der Waals surface area (Å²) in [4.78, 5) is 25.7. The molecule has 0 saturated carbocycles. The molecule has 0 bridgehead atoms. The van der Waals surface area contributed by atoms with E-state index in [1.807, 2.05) is 43.3 Å². The Hall–Kier alpha value is -2.66. The number of nitrogens with two attached hydrogens (primary N) is 2. The fourth-order valence-electron chi connectivity index (χ4n) is 3.50. The molecule has 2 unspecified atom stereocenters. The summed E-state index contributed by atoms with van der Waals surface area (Å²) in [5, 5.41) is 0. The molecule has 5 nitrogen and oxygen atoms in total. The summed E-state index contributed by atoms with van der Waals surface area (Å²) in [6, 6.07) is 15.5. The van der Waals surface area contributed by atoms with Gasteiger partial charge in [0, 0.05) is 5.69 Å².